The van der Waals surface area contributed by atoms with Crippen LogP contribution in [0.15, 0.2) is 0 Å². The summed E-state index contributed by atoms with van der Waals surface area (Å²) in [5, 5.41) is 2.97. The predicted octanol–water partition coefficient (Wildman–Crippen LogP) is 1.46. The molecule has 1 aliphatic rings. The molecule has 1 unspecified atom stereocenters. The Bertz CT molecular complexity index is 212. The van der Waals surface area contributed by atoms with Gasteiger partial charge < -0.3 is 5.32 Å². The van der Waals surface area contributed by atoms with Crippen molar-refractivity contribution in [3.8, 4) is 11.8 Å². The molecule has 0 aromatic heterocycles. The fraction of sp³-hybridized carbons (Fsp3) is 0.700. The van der Waals surface area contributed by atoms with Gasteiger partial charge in [0.25, 0.3) is 0 Å². The Labute approximate surface area is 73.7 Å². The van der Waals surface area contributed by atoms with Crippen LogP contribution in [0, 0.1) is 11.8 Å². The third-order valence-corrected chi connectivity index (χ3v) is 2.10. The minimum absolute atomic E-state index is 0.190. The first-order valence-corrected chi connectivity index (χ1v) is 4.52. The number of amides is 1. The molecule has 0 aliphatic carbocycles. The quantitative estimate of drug-likeness (QED) is 0.585. The summed E-state index contributed by atoms with van der Waals surface area (Å²) in [4.78, 5) is 11.1. The van der Waals surface area contributed by atoms with Gasteiger partial charge in [-0.05, 0) is 19.8 Å². The summed E-state index contributed by atoms with van der Waals surface area (Å²) < 4.78 is 0. The van der Waals surface area contributed by atoms with Crippen LogP contribution in [0.5, 0.6) is 0 Å². The van der Waals surface area contributed by atoms with E-state index >= 15 is 0 Å². The number of carbonyl (C=O) groups is 1. The zero-order chi connectivity index (χ0) is 8.81. The fourth-order valence-corrected chi connectivity index (χ4v) is 1.43. The second-order valence-corrected chi connectivity index (χ2v) is 3.14. The second kappa shape index (κ2) is 4.82. The lowest BCUT2D eigenvalue weighted by atomic mass is 10.1. The molecule has 0 aromatic rings. The van der Waals surface area contributed by atoms with Crippen molar-refractivity contribution in [3.63, 3.8) is 0 Å². The smallest absolute Gasteiger partial charge is 0.220 e. The van der Waals surface area contributed by atoms with Gasteiger partial charge in [0.1, 0.15) is 0 Å². The van der Waals surface area contributed by atoms with E-state index in [9.17, 15) is 4.79 Å². The summed E-state index contributed by atoms with van der Waals surface area (Å²) in [6.07, 6.45) is 4.76. The minimum atomic E-state index is 0.190. The molecule has 0 saturated carbocycles. The first kappa shape index (κ1) is 9.12. The van der Waals surface area contributed by atoms with Gasteiger partial charge in [-0.25, -0.2) is 0 Å². The number of nitrogens with one attached hydrogen (secondary N) is 1. The van der Waals surface area contributed by atoms with E-state index < -0.39 is 0 Å². The van der Waals surface area contributed by atoms with Crippen LogP contribution in [0.25, 0.3) is 0 Å². The average Bonchev–Trinajstić information content (AvgIpc) is 2.26. The van der Waals surface area contributed by atoms with Crippen LogP contribution >= 0.6 is 0 Å². The normalized spacial score (nSPS) is 23.4. The Morgan fingerprint density at radius 2 is 2.42 bits per heavy atom. The first-order chi connectivity index (χ1) is 5.83. The molecule has 0 aromatic carbocycles. The maximum atomic E-state index is 11.1. The van der Waals surface area contributed by atoms with E-state index in [4.69, 9.17) is 0 Å². The molecule has 1 amide bonds. The molecule has 2 nitrogen and oxygen atoms in total. The van der Waals surface area contributed by atoms with Gasteiger partial charge in [-0.1, -0.05) is 6.42 Å². The van der Waals surface area contributed by atoms with E-state index in [-0.39, 0.29) is 5.91 Å². The van der Waals surface area contributed by atoms with E-state index in [1.54, 1.807) is 0 Å². The maximum Gasteiger partial charge on any atom is 0.220 e. The molecule has 1 aliphatic heterocycles. The Morgan fingerprint density at radius 3 is 3.17 bits per heavy atom. The molecule has 12 heavy (non-hydrogen) atoms. The largest absolute Gasteiger partial charge is 0.352 e. The van der Waals surface area contributed by atoms with E-state index in [2.05, 4.69) is 17.2 Å². The van der Waals surface area contributed by atoms with Crippen LogP contribution in [0.2, 0.25) is 0 Å². The summed E-state index contributed by atoms with van der Waals surface area (Å²) in [6, 6.07) is 0.299. The first-order valence-electron chi connectivity index (χ1n) is 4.52. The average molecular weight is 165 g/mol. The summed E-state index contributed by atoms with van der Waals surface area (Å²) in [5.41, 5.74) is 0. The van der Waals surface area contributed by atoms with Crippen molar-refractivity contribution >= 4 is 5.91 Å². The van der Waals surface area contributed by atoms with Crippen molar-refractivity contribution in [3.05, 3.63) is 0 Å². The molecule has 66 valence electrons. The van der Waals surface area contributed by atoms with Crippen LogP contribution in [0.3, 0.4) is 0 Å². The Balaban J connectivity index is 2.39. The van der Waals surface area contributed by atoms with Gasteiger partial charge in [0.2, 0.25) is 5.91 Å². The number of hydrogen-bond donors (Lipinski definition) is 1. The predicted molar refractivity (Wildman–Crippen MR) is 48.5 cm³/mol. The molecule has 1 rings (SSSR count). The molecule has 0 spiro atoms. The Kier molecular flexibility index (Phi) is 3.66. The summed E-state index contributed by atoms with van der Waals surface area (Å²) in [5.74, 6) is 6.04. The van der Waals surface area contributed by atoms with E-state index in [0.29, 0.717) is 12.5 Å². The molecular weight excluding hydrogens is 150 g/mol. The Hall–Kier alpha value is -0.970. The van der Waals surface area contributed by atoms with E-state index in [1.807, 2.05) is 6.92 Å². The SMILES string of the molecule is CC#CCC1CCCCC(=O)N1. The monoisotopic (exact) mass is 165 g/mol. The van der Waals surface area contributed by atoms with Gasteiger partial charge in [0.05, 0.1) is 0 Å². The van der Waals surface area contributed by atoms with Crippen LogP contribution < -0.4 is 5.32 Å². The van der Waals surface area contributed by atoms with Gasteiger partial charge in [-0.3, -0.25) is 4.79 Å². The van der Waals surface area contributed by atoms with Gasteiger partial charge in [0, 0.05) is 18.9 Å². The van der Waals surface area contributed by atoms with Crippen molar-refractivity contribution in [2.45, 2.75) is 45.1 Å². The maximum absolute atomic E-state index is 11.1. The number of hydrogen-bond acceptors (Lipinski definition) is 1. The number of carbonyl (C=O) groups excluding carboxylic acids is 1. The van der Waals surface area contributed by atoms with Gasteiger partial charge in [0.15, 0.2) is 0 Å². The molecule has 0 bridgehead atoms. The summed E-state index contributed by atoms with van der Waals surface area (Å²) in [7, 11) is 0. The van der Waals surface area contributed by atoms with E-state index in [1.165, 1.54) is 0 Å². The highest BCUT2D eigenvalue weighted by Gasteiger charge is 2.14. The van der Waals surface area contributed by atoms with Crippen molar-refractivity contribution in [1.82, 2.24) is 5.32 Å². The lowest BCUT2D eigenvalue weighted by molar-refractivity contribution is -0.121. The topological polar surface area (TPSA) is 29.1 Å². The van der Waals surface area contributed by atoms with Crippen molar-refractivity contribution in [1.29, 1.82) is 0 Å². The lowest BCUT2D eigenvalue weighted by Crippen LogP contribution is -2.32. The highest BCUT2D eigenvalue weighted by Crippen LogP contribution is 2.10. The van der Waals surface area contributed by atoms with Crippen molar-refractivity contribution in [2.75, 3.05) is 0 Å². The highest BCUT2D eigenvalue weighted by atomic mass is 16.1. The van der Waals surface area contributed by atoms with Crippen LogP contribution in [0.1, 0.15) is 39.0 Å². The standard InChI is InChI=1S/C10H15NO/c1-2-3-6-9-7-4-5-8-10(12)11-9/h9H,4-8H2,1H3,(H,11,12). The molecule has 1 N–H and O–H groups in total. The molecule has 2 heteroatoms. The Morgan fingerprint density at radius 1 is 1.58 bits per heavy atom. The zero-order valence-electron chi connectivity index (χ0n) is 7.52. The molecule has 1 atom stereocenters. The van der Waals surface area contributed by atoms with E-state index in [0.717, 1.165) is 25.7 Å². The molecule has 0 radical (unpaired) electrons. The van der Waals surface area contributed by atoms with Crippen LogP contribution in [0.4, 0.5) is 0 Å². The van der Waals surface area contributed by atoms with Gasteiger partial charge in [-0.15, -0.1) is 11.8 Å². The molecule has 1 saturated heterocycles. The molecule has 1 heterocycles. The number of rotatable bonds is 1. The lowest BCUT2D eigenvalue weighted by Gasteiger charge is -2.11. The summed E-state index contributed by atoms with van der Waals surface area (Å²) in [6.45, 7) is 1.83. The highest BCUT2D eigenvalue weighted by molar-refractivity contribution is 5.76. The zero-order valence-corrected chi connectivity index (χ0v) is 7.52. The van der Waals surface area contributed by atoms with Gasteiger partial charge in [-0.2, -0.15) is 0 Å². The second-order valence-electron chi connectivity index (χ2n) is 3.14. The summed E-state index contributed by atoms with van der Waals surface area (Å²) >= 11 is 0. The van der Waals surface area contributed by atoms with Crippen LogP contribution in [-0.4, -0.2) is 11.9 Å². The molecule has 1 fully saturated rings. The van der Waals surface area contributed by atoms with Gasteiger partial charge >= 0.3 is 0 Å². The third-order valence-electron chi connectivity index (χ3n) is 2.10. The third kappa shape index (κ3) is 2.96. The van der Waals surface area contributed by atoms with Crippen molar-refractivity contribution < 1.29 is 4.79 Å². The molecular formula is C10H15NO. The van der Waals surface area contributed by atoms with Crippen LogP contribution in [-0.2, 0) is 4.79 Å². The minimum Gasteiger partial charge on any atom is -0.352 e. The van der Waals surface area contributed by atoms with Crippen molar-refractivity contribution in [2.24, 2.45) is 0 Å². The fourth-order valence-electron chi connectivity index (χ4n) is 1.43.